The standard InChI is InChI=1S/C20H28N8O2S/c1-13(2)16-10-17(27(3)24-16)18(19-23-25-26-28(19)8-9-31-5)22-12-14-6-7-15(21-11-14)20(29)30-4/h6-7,10-11,13,18,22H,8-9,12H2,1-5H3. The number of nitrogens with one attached hydrogen (secondary N) is 1. The zero-order valence-corrected chi connectivity index (χ0v) is 19.3. The van der Waals surface area contributed by atoms with Gasteiger partial charge in [0.2, 0.25) is 0 Å². The van der Waals surface area contributed by atoms with Gasteiger partial charge in [-0.1, -0.05) is 19.9 Å². The van der Waals surface area contributed by atoms with E-state index in [1.165, 1.54) is 7.11 Å². The lowest BCUT2D eigenvalue weighted by molar-refractivity contribution is 0.0594. The molecule has 0 radical (unpaired) electrons. The maximum absolute atomic E-state index is 11.6. The van der Waals surface area contributed by atoms with Crippen LogP contribution in [0, 0.1) is 0 Å². The molecule has 3 rings (SSSR count). The molecule has 0 fully saturated rings. The van der Waals surface area contributed by atoms with Crippen molar-refractivity contribution in [3.05, 3.63) is 52.9 Å². The van der Waals surface area contributed by atoms with E-state index in [2.05, 4.69) is 57.1 Å². The summed E-state index contributed by atoms with van der Waals surface area (Å²) in [6.07, 6.45) is 3.72. The van der Waals surface area contributed by atoms with Crippen LogP contribution in [0.2, 0.25) is 0 Å². The van der Waals surface area contributed by atoms with Gasteiger partial charge in [-0.05, 0) is 40.3 Å². The van der Waals surface area contributed by atoms with E-state index in [-0.39, 0.29) is 11.7 Å². The highest BCUT2D eigenvalue weighted by Gasteiger charge is 2.25. The zero-order valence-electron chi connectivity index (χ0n) is 18.4. The summed E-state index contributed by atoms with van der Waals surface area (Å²) in [6, 6.07) is 5.33. The fourth-order valence-corrected chi connectivity index (χ4v) is 3.47. The summed E-state index contributed by atoms with van der Waals surface area (Å²) in [5.41, 5.74) is 3.18. The molecular weight excluding hydrogens is 416 g/mol. The average molecular weight is 445 g/mol. The summed E-state index contributed by atoms with van der Waals surface area (Å²) in [6.45, 7) is 5.46. The van der Waals surface area contributed by atoms with Gasteiger partial charge in [0, 0.05) is 25.5 Å². The number of ether oxygens (including phenoxy) is 1. The zero-order chi connectivity index (χ0) is 22.4. The second-order valence-corrected chi connectivity index (χ2v) is 8.37. The van der Waals surface area contributed by atoms with Gasteiger partial charge in [0.15, 0.2) is 5.82 Å². The first-order valence-electron chi connectivity index (χ1n) is 10.00. The molecule has 0 aliphatic heterocycles. The summed E-state index contributed by atoms with van der Waals surface area (Å²) in [7, 11) is 3.27. The number of methoxy groups -OCH3 is 1. The van der Waals surface area contributed by atoms with E-state index in [9.17, 15) is 4.79 Å². The largest absolute Gasteiger partial charge is 0.464 e. The quantitative estimate of drug-likeness (QED) is 0.469. The molecule has 0 aromatic carbocycles. The molecule has 0 aliphatic rings. The number of hydrogen-bond acceptors (Lipinski definition) is 9. The van der Waals surface area contributed by atoms with Crippen LogP contribution in [0.4, 0.5) is 0 Å². The Morgan fingerprint density at radius 1 is 1.32 bits per heavy atom. The lowest BCUT2D eigenvalue weighted by Gasteiger charge is -2.18. The molecule has 31 heavy (non-hydrogen) atoms. The van der Waals surface area contributed by atoms with Crippen molar-refractivity contribution in [1.29, 1.82) is 0 Å². The van der Waals surface area contributed by atoms with Crippen LogP contribution in [0.1, 0.15) is 59.1 Å². The molecule has 1 N–H and O–H groups in total. The maximum atomic E-state index is 11.6. The van der Waals surface area contributed by atoms with Gasteiger partial charge in [0.05, 0.1) is 25.0 Å². The van der Waals surface area contributed by atoms with Crippen molar-refractivity contribution >= 4 is 17.7 Å². The van der Waals surface area contributed by atoms with Crippen LogP contribution in [0.3, 0.4) is 0 Å². The van der Waals surface area contributed by atoms with E-state index in [1.54, 1.807) is 24.0 Å². The number of carbonyl (C=O) groups excluding carboxylic acids is 1. The summed E-state index contributed by atoms with van der Waals surface area (Å²) in [4.78, 5) is 15.8. The summed E-state index contributed by atoms with van der Waals surface area (Å²) >= 11 is 1.74. The molecule has 0 amide bonds. The van der Waals surface area contributed by atoms with Crippen LogP contribution in [0.5, 0.6) is 0 Å². The van der Waals surface area contributed by atoms with Crippen LogP contribution in [-0.4, -0.2) is 60.1 Å². The van der Waals surface area contributed by atoms with Gasteiger partial charge in [0.1, 0.15) is 11.7 Å². The van der Waals surface area contributed by atoms with Gasteiger partial charge in [-0.3, -0.25) is 10.00 Å². The van der Waals surface area contributed by atoms with Crippen molar-refractivity contribution in [2.75, 3.05) is 19.1 Å². The Kier molecular flexibility index (Phi) is 7.75. The molecule has 0 aliphatic carbocycles. The summed E-state index contributed by atoms with van der Waals surface area (Å²) in [5.74, 6) is 1.49. The summed E-state index contributed by atoms with van der Waals surface area (Å²) < 4.78 is 8.41. The predicted molar refractivity (Wildman–Crippen MR) is 118 cm³/mol. The van der Waals surface area contributed by atoms with Gasteiger partial charge < -0.3 is 4.74 Å². The van der Waals surface area contributed by atoms with Gasteiger partial charge >= 0.3 is 5.97 Å². The molecule has 1 atom stereocenters. The average Bonchev–Trinajstić information content (AvgIpc) is 3.39. The topological polar surface area (TPSA) is 113 Å². The Morgan fingerprint density at radius 3 is 2.74 bits per heavy atom. The Hall–Kier alpha value is -2.79. The fraction of sp³-hybridized carbons (Fsp3) is 0.500. The number of esters is 1. The first kappa shape index (κ1) is 22.9. The number of rotatable bonds is 10. The van der Waals surface area contributed by atoms with Crippen LogP contribution in [0.25, 0.3) is 0 Å². The van der Waals surface area contributed by atoms with Crippen molar-refractivity contribution in [1.82, 2.24) is 40.3 Å². The molecule has 3 aromatic rings. The molecule has 3 aromatic heterocycles. The minimum atomic E-state index is -0.457. The van der Waals surface area contributed by atoms with Crippen molar-refractivity contribution in [3.63, 3.8) is 0 Å². The number of thioether (sulfide) groups is 1. The number of hydrogen-bond donors (Lipinski definition) is 1. The number of carbonyl (C=O) groups is 1. The summed E-state index contributed by atoms with van der Waals surface area (Å²) in [5, 5.41) is 20.6. The Labute approximate surface area is 185 Å². The van der Waals surface area contributed by atoms with Crippen molar-refractivity contribution in [3.8, 4) is 0 Å². The van der Waals surface area contributed by atoms with Gasteiger partial charge in [0.25, 0.3) is 0 Å². The first-order chi connectivity index (χ1) is 14.9. The third-order valence-corrected chi connectivity index (χ3v) is 5.47. The van der Waals surface area contributed by atoms with E-state index < -0.39 is 5.97 Å². The monoisotopic (exact) mass is 444 g/mol. The molecule has 0 saturated carbocycles. The molecule has 166 valence electrons. The molecule has 1 unspecified atom stereocenters. The lowest BCUT2D eigenvalue weighted by Crippen LogP contribution is -2.28. The predicted octanol–water partition coefficient (Wildman–Crippen LogP) is 1.95. The van der Waals surface area contributed by atoms with Crippen molar-refractivity contribution in [2.45, 2.75) is 38.9 Å². The van der Waals surface area contributed by atoms with Crippen LogP contribution < -0.4 is 5.32 Å². The highest BCUT2D eigenvalue weighted by atomic mass is 32.2. The van der Waals surface area contributed by atoms with Crippen molar-refractivity contribution < 1.29 is 9.53 Å². The minimum Gasteiger partial charge on any atom is -0.464 e. The molecule has 10 nitrogen and oxygen atoms in total. The van der Waals surface area contributed by atoms with Gasteiger partial charge in [-0.2, -0.15) is 16.9 Å². The Balaban J connectivity index is 1.88. The normalized spacial score (nSPS) is 12.3. The van der Waals surface area contributed by atoms with Crippen LogP contribution in [0.15, 0.2) is 24.4 Å². The molecule has 0 saturated heterocycles. The molecule has 3 heterocycles. The smallest absolute Gasteiger partial charge is 0.356 e. The van der Waals surface area contributed by atoms with Crippen molar-refractivity contribution in [2.24, 2.45) is 7.05 Å². The highest BCUT2D eigenvalue weighted by Crippen LogP contribution is 2.24. The van der Waals surface area contributed by atoms with Gasteiger partial charge in [-0.15, -0.1) is 5.10 Å². The van der Waals surface area contributed by atoms with E-state index >= 15 is 0 Å². The van der Waals surface area contributed by atoms with E-state index in [0.717, 1.165) is 28.5 Å². The first-order valence-corrected chi connectivity index (χ1v) is 11.4. The third-order valence-electron chi connectivity index (χ3n) is 4.88. The SMILES string of the molecule is COC(=O)c1ccc(CNC(c2cc(C(C)C)nn2C)c2nnnn2CCSC)cn1. The number of nitrogens with zero attached hydrogens (tertiary/aromatic N) is 7. The van der Waals surface area contributed by atoms with E-state index in [1.807, 2.05) is 22.5 Å². The Morgan fingerprint density at radius 2 is 2.13 bits per heavy atom. The number of aryl methyl sites for hydroxylation is 2. The number of pyridine rings is 1. The lowest BCUT2D eigenvalue weighted by atomic mass is 10.1. The molecule has 0 spiro atoms. The van der Waals surface area contributed by atoms with Crippen LogP contribution >= 0.6 is 11.8 Å². The fourth-order valence-electron chi connectivity index (χ4n) is 3.11. The van der Waals surface area contributed by atoms with E-state index in [4.69, 9.17) is 4.74 Å². The second kappa shape index (κ2) is 10.5. The minimum absolute atomic E-state index is 0.262. The number of aromatic nitrogens is 7. The maximum Gasteiger partial charge on any atom is 0.356 e. The Bertz CT molecular complexity index is 999. The van der Waals surface area contributed by atoms with Gasteiger partial charge in [-0.25, -0.2) is 14.5 Å². The molecule has 11 heteroatoms. The molecule has 0 bridgehead atoms. The molecular formula is C20H28N8O2S. The number of tetrazole rings is 1. The van der Waals surface area contributed by atoms with Crippen LogP contribution in [-0.2, 0) is 24.9 Å². The third kappa shape index (κ3) is 5.47. The van der Waals surface area contributed by atoms with E-state index in [0.29, 0.717) is 19.0 Å². The second-order valence-electron chi connectivity index (χ2n) is 7.38. The highest BCUT2D eigenvalue weighted by molar-refractivity contribution is 7.98.